The van der Waals surface area contributed by atoms with E-state index in [0.717, 1.165) is 30.8 Å². The standard InChI is InChI=1S/C13H19NO2S/c1-3-9-14(10-4-2)17-12-7-5-11(6-8-12)13(15)16/h5-8H,3-4,9-10H2,1-2H3,(H,15,16). The molecule has 94 valence electrons. The Morgan fingerprint density at radius 2 is 1.71 bits per heavy atom. The second-order valence-corrected chi connectivity index (χ2v) is 5.02. The molecular formula is C13H19NO2S. The number of aromatic carboxylic acids is 1. The van der Waals surface area contributed by atoms with Crippen molar-refractivity contribution in [2.45, 2.75) is 31.6 Å². The highest BCUT2D eigenvalue weighted by Crippen LogP contribution is 2.23. The summed E-state index contributed by atoms with van der Waals surface area (Å²) in [6, 6.07) is 7.04. The number of benzene rings is 1. The lowest BCUT2D eigenvalue weighted by molar-refractivity contribution is 0.0697. The fraction of sp³-hybridized carbons (Fsp3) is 0.462. The van der Waals surface area contributed by atoms with E-state index in [9.17, 15) is 4.79 Å². The van der Waals surface area contributed by atoms with Crippen molar-refractivity contribution in [1.29, 1.82) is 0 Å². The summed E-state index contributed by atoms with van der Waals surface area (Å²) < 4.78 is 2.32. The maximum atomic E-state index is 10.7. The number of hydrogen-bond donors (Lipinski definition) is 1. The molecule has 0 saturated carbocycles. The SMILES string of the molecule is CCCN(CCC)Sc1ccc(C(=O)O)cc1. The predicted octanol–water partition coefficient (Wildman–Crippen LogP) is 3.51. The summed E-state index contributed by atoms with van der Waals surface area (Å²) in [5.41, 5.74) is 0.340. The molecule has 1 rings (SSSR count). The van der Waals surface area contributed by atoms with Gasteiger partial charge < -0.3 is 5.11 Å². The number of nitrogens with zero attached hydrogens (tertiary/aromatic N) is 1. The molecule has 0 atom stereocenters. The molecule has 1 aromatic carbocycles. The maximum absolute atomic E-state index is 10.7. The monoisotopic (exact) mass is 253 g/mol. The Kier molecular flexibility index (Phi) is 6.08. The van der Waals surface area contributed by atoms with Crippen LogP contribution in [0.1, 0.15) is 37.0 Å². The normalized spacial score (nSPS) is 10.8. The highest BCUT2D eigenvalue weighted by atomic mass is 32.2. The molecule has 0 saturated heterocycles. The molecule has 1 N–H and O–H groups in total. The van der Waals surface area contributed by atoms with Gasteiger partial charge in [0.05, 0.1) is 5.56 Å². The third-order valence-electron chi connectivity index (χ3n) is 2.28. The van der Waals surface area contributed by atoms with Crippen LogP contribution in [0.15, 0.2) is 29.2 Å². The van der Waals surface area contributed by atoms with Crippen LogP contribution in [0, 0.1) is 0 Å². The molecule has 1 aromatic rings. The van der Waals surface area contributed by atoms with Gasteiger partial charge in [0, 0.05) is 18.0 Å². The minimum absolute atomic E-state index is 0.340. The van der Waals surface area contributed by atoms with Crippen LogP contribution in [0.4, 0.5) is 0 Å². The van der Waals surface area contributed by atoms with Crippen molar-refractivity contribution in [2.24, 2.45) is 0 Å². The van der Waals surface area contributed by atoms with Crippen LogP contribution in [-0.2, 0) is 0 Å². The van der Waals surface area contributed by atoms with E-state index in [-0.39, 0.29) is 0 Å². The molecule has 0 heterocycles. The molecule has 0 aliphatic heterocycles. The first-order chi connectivity index (χ1) is 8.17. The molecule has 0 radical (unpaired) electrons. The zero-order chi connectivity index (χ0) is 12.7. The van der Waals surface area contributed by atoms with Gasteiger partial charge in [0.15, 0.2) is 0 Å². The third kappa shape index (κ3) is 4.79. The fourth-order valence-electron chi connectivity index (χ4n) is 1.51. The van der Waals surface area contributed by atoms with Gasteiger partial charge in [-0.15, -0.1) is 0 Å². The van der Waals surface area contributed by atoms with E-state index < -0.39 is 5.97 Å². The first-order valence-corrected chi connectivity index (χ1v) is 6.71. The molecule has 4 heteroatoms. The third-order valence-corrected chi connectivity index (χ3v) is 3.39. The average molecular weight is 253 g/mol. The maximum Gasteiger partial charge on any atom is 0.335 e. The topological polar surface area (TPSA) is 40.5 Å². The highest BCUT2D eigenvalue weighted by Gasteiger charge is 2.06. The Hall–Kier alpha value is -1.00. The summed E-state index contributed by atoms with van der Waals surface area (Å²) in [5.74, 6) is -0.875. The van der Waals surface area contributed by atoms with E-state index in [1.165, 1.54) is 0 Å². The van der Waals surface area contributed by atoms with E-state index in [2.05, 4.69) is 18.2 Å². The minimum atomic E-state index is -0.875. The number of rotatable bonds is 7. The van der Waals surface area contributed by atoms with Crippen LogP contribution < -0.4 is 0 Å². The number of carbonyl (C=O) groups is 1. The lowest BCUT2D eigenvalue weighted by Gasteiger charge is -2.19. The van der Waals surface area contributed by atoms with E-state index in [4.69, 9.17) is 5.11 Å². The minimum Gasteiger partial charge on any atom is -0.478 e. The van der Waals surface area contributed by atoms with Crippen molar-refractivity contribution in [2.75, 3.05) is 13.1 Å². The van der Waals surface area contributed by atoms with Crippen LogP contribution in [0.3, 0.4) is 0 Å². The van der Waals surface area contributed by atoms with Gasteiger partial charge in [-0.2, -0.15) is 0 Å². The number of carboxylic acids is 1. The van der Waals surface area contributed by atoms with Crippen LogP contribution in [0.5, 0.6) is 0 Å². The lowest BCUT2D eigenvalue weighted by atomic mass is 10.2. The number of carboxylic acid groups (broad SMARTS) is 1. The van der Waals surface area contributed by atoms with E-state index in [1.807, 2.05) is 12.1 Å². The molecule has 0 amide bonds. The molecule has 0 spiro atoms. The Morgan fingerprint density at radius 1 is 1.18 bits per heavy atom. The smallest absolute Gasteiger partial charge is 0.335 e. The van der Waals surface area contributed by atoms with Gasteiger partial charge in [0.1, 0.15) is 0 Å². The van der Waals surface area contributed by atoms with Crippen molar-refractivity contribution in [3.05, 3.63) is 29.8 Å². The summed E-state index contributed by atoms with van der Waals surface area (Å²) >= 11 is 1.70. The van der Waals surface area contributed by atoms with Gasteiger partial charge in [-0.3, -0.25) is 0 Å². The molecule has 0 aromatic heterocycles. The van der Waals surface area contributed by atoms with Gasteiger partial charge in [0.2, 0.25) is 0 Å². The first-order valence-electron chi connectivity index (χ1n) is 5.93. The summed E-state index contributed by atoms with van der Waals surface area (Å²) in [4.78, 5) is 11.8. The Labute approximate surface area is 107 Å². The quantitative estimate of drug-likeness (QED) is 0.755. The first kappa shape index (κ1) is 14.1. The van der Waals surface area contributed by atoms with Gasteiger partial charge in [0.25, 0.3) is 0 Å². The Morgan fingerprint density at radius 3 is 2.12 bits per heavy atom. The summed E-state index contributed by atoms with van der Waals surface area (Å²) in [5, 5.41) is 8.81. The molecule has 0 bridgehead atoms. The molecule has 0 aliphatic rings. The zero-order valence-corrected chi connectivity index (χ0v) is 11.2. The van der Waals surface area contributed by atoms with Crippen molar-refractivity contribution < 1.29 is 9.90 Å². The zero-order valence-electron chi connectivity index (χ0n) is 10.3. The molecule has 17 heavy (non-hydrogen) atoms. The van der Waals surface area contributed by atoms with Crippen molar-refractivity contribution >= 4 is 17.9 Å². The molecule has 3 nitrogen and oxygen atoms in total. The Bertz CT molecular complexity index is 345. The van der Waals surface area contributed by atoms with Crippen LogP contribution in [-0.4, -0.2) is 28.5 Å². The second-order valence-electron chi connectivity index (χ2n) is 3.85. The van der Waals surface area contributed by atoms with Gasteiger partial charge >= 0.3 is 5.97 Å². The molecular weight excluding hydrogens is 234 g/mol. The summed E-state index contributed by atoms with van der Waals surface area (Å²) in [6.07, 6.45) is 2.25. The van der Waals surface area contributed by atoms with E-state index in [0.29, 0.717) is 5.56 Å². The van der Waals surface area contributed by atoms with Gasteiger partial charge in [-0.25, -0.2) is 9.10 Å². The number of hydrogen-bond acceptors (Lipinski definition) is 3. The Balaban J connectivity index is 2.62. The van der Waals surface area contributed by atoms with E-state index in [1.54, 1.807) is 24.1 Å². The van der Waals surface area contributed by atoms with Gasteiger partial charge in [-0.05, 0) is 49.1 Å². The van der Waals surface area contributed by atoms with Crippen molar-refractivity contribution in [3.63, 3.8) is 0 Å². The molecule has 0 aliphatic carbocycles. The summed E-state index contributed by atoms with van der Waals surface area (Å²) in [7, 11) is 0. The average Bonchev–Trinajstić information content (AvgIpc) is 2.30. The summed E-state index contributed by atoms with van der Waals surface area (Å²) in [6.45, 7) is 6.44. The highest BCUT2D eigenvalue weighted by molar-refractivity contribution is 7.97. The van der Waals surface area contributed by atoms with Gasteiger partial charge in [-0.1, -0.05) is 13.8 Å². The molecule has 0 fully saturated rings. The largest absolute Gasteiger partial charge is 0.478 e. The van der Waals surface area contributed by atoms with Crippen molar-refractivity contribution in [1.82, 2.24) is 4.31 Å². The lowest BCUT2D eigenvalue weighted by Crippen LogP contribution is -2.17. The predicted molar refractivity (Wildman–Crippen MR) is 71.4 cm³/mol. The molecule has 0 unspecified atom stereocenters. The van der Waals surface area contributed by atoms with Crippen LogP contribution >= 0.6 is 11.9 Å². The van der Waals surface area contributed by atoms with Crippen molar-refractivity contribution in [3.8, 4) is 0 Å². The van der Waals surface area contributed by atoms with Crippen LogP contribution in [0.2, 0.25) is 0 Å². The fourth-order valence-corrected chi connectivity index (χ4v) is 2.61. The van der Waals surface area contributed by atoms with Crippen LogP contribution in [0.25, 0.3) is 0 Å². The van der Waals surface area contributed by atoms with E-state index >= 15 is 0 Å². The second kappa shape index (κ2) is 7.35.